The maximum atomic E-state index is 12.0. The minimum atomic E-state index is -1.11. The lowest BCUT2D eigenvalue weighted by Gasteiger charge is -2.42. The second-order valence-electron chi connectivity index (χ2n) is 7.54. The standard InChI is InChI=1S/C19H32O4/c1-12(2)8-7-9-19(6,22)17-15(20)10-14(5)11-16(17)23-18(21)13(3)4/h8,10,13,15-17,20,22H,7,9,11H2,1-6H3. The highest BCUT2D eigenvalue weighted by Crippen LogP contribution is 2.37. The van der Waals surface area contributed by atoms with E-state index in [1.807, 2.05) is 20.8 Å². The molecule has 132 valence electrons. The molecule has 23 heavy (non-hydrogen) atoms. The van der Waals surface area contributed by atoms with E-state index in [1.54, 1.807) is 26.8 Å². The third-order valence-corrected chi connectivity index (χ3v) is 4.41. The van der Waals surface area contributed by atoms with Crippen LogP contribution < -0.4 is 0 Å². The van der Waals surface area contributed by atoms with Crippen molar-refractivity contribution < 1.29 is 19.7 Å². The van der Waals surface area contributed by atoms with Crippen molar-refractivity contribution in [3.63, 3.8) is 0 Å². The van der Waals surface area contributed by atoms with Gasteiger partial charge in [0.1, 0.15) is 6.10 Å². The molecule has 0 heterocycles. The number of carbonyl (C=O) groups is 1. The summed E-state index contributed by atoms with van der Waals surface area (Å²) in [4.78, 5) is 12.0. The van der Waals surface area contributed by atoms with Crippen molar-refractivity contribution in [2.45, 2.75) is 78.6 Å². The third kappa shape index (κ3) is 5.78. The Hall–Kier alpha value is -1.13. The van der Waals surface area contributed by atoms with Crippen molar-refractivity contribution in [3.05, 3.63) is 23.3 Å². The molecule has 1 rings (SSSR count). The van der Waals surface area contributed by atoms with E-state index < -0.39 is 23.7 Å². The number of hydrogen-bond donors (Lipinski definition) is 2. The molecule has 0 amide bonds. The fourth-order valence-corrected chi connectivity index (χ4v) is 3.12. The summed E-state index contributed by atoms with van der Waals surface area (Å²) in [6.07, 6.45) is 4.33. The first-order valence-electron chi connectivity index (χ1n) is 8.46. The molecular formula is C19H32O4. The number of ether oxygens (including phenoxy) is 1. The Labute approximate surface area is 140 Å². The Bertz CT molecular complexity index is 470. The van der Waals surface area contributed by atoms with Gasteiger partial charge in [0.2, 0.25) is 0 Å². The van der Waals surface area contributed by atoms with Gasteiger partial charge in [-0.05, 0) is 40.5 Å². The largest absolute Gasteiger partial charge is 0.461 e. The highest BCUT2D eigenvalue weighted by molar-refractivity contribution is 5.71. The molecular weight excluding hydrogens is 292 g/mol. The smallest absolute Gasteiger partial charge is 0.308 e. The number of hydrogen-bond acceptors (Lipinski definition) is 4. The monoisotopic (exact) mass is 324 g/mol. The maximum absolute atomic E-state index is 12.0. The first-order chi connectivity index (χ1) is 10.5. The number of rotatable bonds is 6. The fourth-order valence-electron chi connectivity index (χ4n) is 3.12. The van der Waals surface area contributed by atoms with Gasteiger partial charge in [0.05, 0.1) is 23.5 Å². The molecule has 0 aliphatic heterocycles. The van der Waals surface area contributed by atoms with Crippen molar-refractivity contribution >= 4 is 5.97 Å². The van der Waals surface area contributed by atoms with Gasteiger partial charge in [-0.25, -0.2) is 0 Å². The number of esters is 1. The van der Waals surface area contributed by atoms with Crippen molar-refractivity contribution in [1.82, 2.24) is 0 Å². The molecule has 0 aromatic heterocycles. The van der Waals surface area contributed by atoms with Gasteiger partial charge >= 0.3 is 5.97 Å². The van der Waals surface area contributed by atoms with Crippen LogP contribution in [0.5, 0.6) is 0 Å². The van der Waals surface area contributed by atoms with Crippen molar-refractivity contribution in [1.29, 1.82) is 0 Å². The summed E-state index contributed by atoms with van der Waals surface area (Å²) in [6, 6.07) is 0. The first-order valence-corrected chi connectivity index (χ1v) is 8.46. The first kappa shape index (κ1) is 19.9. The van der Waals surface area contributed by atoms with Gasteiger partial charge in [0, 0.05) is 6.42 Å². The van der Waals surface area contributed by atoms with Crippen LogP contribution in [-0.4, -0.2) is 34.0 Å². The lowest BCUT2D eigenvalue weighted by atomic mass is 9.73. The summed E-state index contributed by atoms with van der Waals surface area (Å²) in [5.74, 6) is -1.03. The molecule has 2 N–H and O–H groups in total. The zero-order chi connectivity index (χ0) is 17.8. The number of aliphatic hydroxyl groups is 2. The van der Waals surface area contributed by atoms with Crippen molar-refractivity contribution in [2.24, 2.45) is 11.8 Å². The van der Waals surface area contributed by atoms with Crippen LogP contribution >= 0.6 is 0 Å². The molecule has 0 saturated carbocycles. The van der Waals surface area contributed by atoms with E-state index in [4.69, 9.17) is 4.74 Å². The summed E-state index contributed by atoms with van der Waals surface area (Å²) in [7, 11) is 0. The second-order valence-corrected chi connectivity index (χ2v) is 7.54. The lowest BCUT2D eigenvalue weighted by molar-refractivity contribution is -0.169. The number of aliphatic hydroxyl groups excluding tert-OH is 1. The SMILES string of the molecule is CC(C)=CCCC(C)(O)C1C(O)C=C(C)CC1OC(=O)C(C)C. The van der Waals surface area contributed by atoms with Crippen molar-refractivity contribution in [3.8, 4) is 0 Å². The molecule has 4 nitrogen and oxygen atoms in total. The summed E-state index contributed by atoms with van der Waals surface area (Å²) in [5.41, 5.74) is 1.07. The van der Waals surface area contributed by atoms with Crippen LogP contribution in [0.4, 0.5) is 0 Å². The van der Waals surface area contributed by atoms with Crippen LogP contribution in [0.3, 0.4) is 0 Å². The summed E-state index contributed by atoms with van der Waals surface area (Å²) >= 11 is 0. The number of carbonyl (C=O) groups excluding carboxylic acids is 1. The van der Waals surface area contributed by atoms with Crippen LogP contribution in [0, 0.1) is 11.8 Å². The van der Waals surface area contributed by atoms with Crippen LogP contribution in [0.2, 0.25) is 0 Å². The topological polar surface area (TPSA) is 66.8 Å². The Balaban J connectivity index is 2.95. The molecule has 0 saturated heterocycles. The average Bonchev–Trinajstić information content (AvgIpc) is 2.36. The van der Waals surface area contributed by atoms with E-state index in [0.717, 1.165) is 12.0 Å². The van der Waals surface area contributed by atoms with E-state index in [2.05, 4.69) is 6.08 Å². The van der Waals surface area contributed by atoms with Crippen LogP contribution in [0.1, 0.15) is 60.8 Å². The predicted molar refractivity (Wildman–Crippen MR) is 91.9 cm³/mol. The quantitative estimate of drug-likeness (QED) is 0.580. The molecule has 0 bridgehead atoms. The minimum Gasteiger partial charge on any atom is -0.461 e. The Morgan fingerprint density at radius 2 is 2.09 bits per heavy atom. The van der Waals surface area contributed by atoms with Crippen molar-refractivity contribution in [2.75, 3.05) is 0 Å². The molecule has 1 aliphatic carbocycles. The van der Waals surface area contributed by atoms with Gasteiger partial charge in [-0.2, -0.15) is 0 Å². The van der Waals surface area contributed by atoms with E-state index in [-0.39, 0.29) is 11.9 Å². The van der Waals surface area contributed by atoms with E-state index in [9.17, 15) is 15.0 Å². The molecule has 4 atom stereocenters. The average molecular weight is 324 g/mol. The Morgan fingerprint density at radius 3 is 2.61 bits per heavy atom. The van der Waals surface area contributed by atoms with E-state index in [1.165, 1.54) is 5.57 Å². The van der Waals surface area contributed by atoms with E-state index in [0.29, 0.717) is 12.8 Å². The van der Waals surface area contributed by atoms with Gasteiger partial charge in [-0.15, -0.1) is 0 Å². The zero-order valence-electron chi connectivity index (χ0n) is 15.3. The lowest BCUT2D eigenvalue weighted by Crippen LogP contribution is -2.51. The second kappa shape index (κ2) is 8.11. The molecule has 0 radical (unpaired) electrons. The fraction of sp³-hybridized carbons (Fsp3) is 0.737. The van der Waals surface area contributed by atoms with Gasteiger partial charge < -0.3 is 14.9 Å². The summed E-state index contributed by atoms with van der Waals surface area (Å²) in [6.45, 7) is 11.2. The Kier molecular flexibility index (Phi) is 7.02. The minimum absolute atomic E-state index is 0.227. The molecule has 0 aromatic carbocycles. The zero-order valence-corrected chi connectivity index (χ0v) is 15.3. The Morgan fingerprint density at radius 1 is 1.48 bits per heavy atom. The van der Waals surface area contributed by atoms with Gasteiger partial charge in [0.15, 0.2) is 0 Å². The summed E-state index contributed by atoms with van der Waals surface area (Å²) in [5, 5.41) is 21.4. The van der Waals surface area contributed by atoms with Gasteiger partial charge in [-0.3, -0.25) is 4.79 Å². The molecule has 0 spiro atoms. The molecule has 0 fully saturated rings. The molecule has 0 aromatic rings. The highest BCUT2D eigenvalue weighted by Gasteiger charge is 2.45. The number of allylic oxidation sites excluding steroid dienone is 2. The normalized spacial score (nSPS) is 27.2. The van der Waals surface area contributed by atoms with Crippen LogP contribution in [0.25, 0.3) is 0 Å². The van der Waals surface area contributed by atoms with Gasteiger partial charge in [0.25, 0.3) is 0 Å². The molecule has 1 aliphatic rings. The molecule has 4 unspecified atom stereocenters. The molecule has 4 heteroatoms. The third-order valence-electron chi connectivity index (χ3n) is 4.41. The van der Waals surface area contributed by atoms with Crippen LogP contribution in [-0.2, 0) is 9.53 Å². The maximum Gasteiger partial charge on any atom is 0.308 e. The van der Waals surface area contributed by atoms with E-state index >= 15 is 0 Å². The summed E-state index contributed by atoms with van der Waals surface area (Å²) < 4.78 is 5.60. The van der Waals surface area contributed by atoms with Gasteiger partial charge in [-0.1, -0.05) is 37.1 Å². The highest BCUT2D eigenvalue weighted by atomic mass is 16.5. The van der Waals surface area contributed by atoms with Crippen LogP contribution in [0.15, 0.2) is 23.3 Å². The predicted octanol–water partition coefficient (Wildman–Crippen LogP) is 3.38.